The van der Waals surface area contributed by atoms with Crippen molar-refractivity contribution in [3.8, 4) is 0 Å². The Hall–Kier alpha value is -1.20. The van der Waals surface area contributed by atoms with E-state index < -0.39 is 0 Å². The van der Waals surface area contributed by atoms with Gasteiger partial charge in [0.1, 0.15) is 4.88 Å². The summed E-state index contributed by atoms with van der Waals surface area (Å²) in [7, 11) is 0. The highest BCUT2D eigenvalue weighted by Crippen LogP contribution is 2.22. The molecule has 110 valence electrons. The molecule has 4 nitrogen and oxygen atoms in total. The van der Waals surface area contributed by atoms with Gasteiger partial charge in [-0.25, -0.2) is 4.98 Å². The van der Waals surface area contributed by atoms with Gasteiger partial charge >= 0.3 is 0 Å². The Kier molecular flexibility index (Phi) is 4.94. The van der Waals surface area contributed by atoms with Gasteiger partial charge in [-0.05, 0) is 19.3 Å². The number of hydrogen-bond acceptors (Lipinski definition) is 4. The summed E-state index contributed by atoms with van der Waals surface area (Å²) in [6.45, 7) is 6.32. The van der Waals surface area contributed by atoms with Crippen LogP contribution in [-0.2, 0) is 6.42 Å². The van der Waals surface area contributed by atoms with E-state index in [1.165, 1.54) is 11.3 Å². The largest absolute Gasteiger partial charge is 0.396 e. The molecule has 1 aliphatic carbocycles. The number of carbonyl (C=O) groups is 1. The molecule has 2 atom stereocenters. The Labute approximate surface area is 123 Å². The quantitative estimate of drug-likeness (QED) is 0.819. The number of aliphatic hydroxyl groups excluding tert-OH is 1. The molecular weight excluding hydrogens is 272 g/mol. The minimum absolute atomic E-state index is 0.0229. The van der Waals surface area contributed by atoms with Crippen LogP contribution in [0.4, 0.5) is 0 Å². The van der Waals surface area contributed by atoms with Crippen molar-refractivity contribution < 1.29 is 9.90 Å². The van der Waals surface area contributed by atoms with Gasteiger partial charge in [-0.3, -0.25) is 4.79 Å². The molecule has 0 aliphatic heterocycles. The fourth-order valence-electron chi connectivity index (χ4n) is 2.35. The van der Waals surface area contributed by atoms with Gasteiger partial charge in [-0.15, -0.1) is 11.3 Å². The number of nitrogens with one attached hydrogen (secondary N) is 1. The van der Waals surface area contributed by atoms with E-state index in [-0.39, 0.29) is 24.5 Å². The highest BCUT2D eigenvalue weighted by molar-refractivity contribution is 7.13. The van der Waals surface area contributed by atoms with Crippen LogP contribution in [0.25, 0.3) is 0 Å². The minimum atomic E-state index is -0.0526. The van der Waals surface area contributed by atoms with Crippen molar-refractivity contribution in [2.24, 2.45) is 11.8 Å². The average molecular weight is 294 g/mol. The Bertz CT molecular complexity index is 508. The van der Waals surface area contributed by atoms with E-state index in [0.29, 0.717) is 10.8 Å². The van der Waals surface area contributed by atoms with Crippen molar-refractivity contribution in [3.63, 3.8) is 0 Å². The summed E-state index contributed by atoms with van der Waals surface area (Å²) < 4.78 is 0. The second-order valence-corrected chi connectivity index (χ2v) is 6.85. The number of rotatable bonds is 5. The molecule has 0 aromatic carbocycles. The molecule has 1 heterocycles. The lowest BCUT2D eigenvalue weighted by Crippen LogP contribution is -2.32. The number of hydrogen-bond donors (Lipinski definition) is 2. The van der Waals surface area contributed by atoms with Crippen LogP contribution in [0.3, 0.4) is 0 Å². The Morgan fingerprint density at radius 1 is 1.55 bits per heavy atom. The highest BCUT2D eigenvalue weighted by Gasteiger charge is 2.22. The second-order valence-electron chi connectivity index (χ2n) is 5.76. The van der Waals surface area contributed by atoms with Crippen LogP contribution < -0.4 is 5.32 Å². The fourth-order valence-corrected chi connectivity index (χ4v) is 3.53. The maximum absolute atomic E-state index is 12.3. The van der Waals surface area contributed by atoms with Crippen LogP contribution in [0.1, 0.15) is 40.6 Å². The molecular formula is C15H22N2O2S. The summed E-state index contributed by atoms with van der Waals surface area (Å²) in [5.74, 6) is 0.655. The monoisotopic (exact) mass is 294 g/mol. The molecule has 0 radical (unpaired) electrons. The summed E-state index contributed by atoms with van der Waals surface area (Å²) in [5.41, 5.74) is 0.809. The van der Waals surface area contributed by atoms with Gasteiger partial charge in [0.05, 0.1) is 10.7 Å². The molecule has 1 aromatic heterocycles. The SMILES string of the molecule is Cc1nc(CC(C)C)sc1C(=O)N[C@@H]1C=C[C@H](CO)C1. The number of nitrogens with zero attached hydrogens (tertiary/aromatic N) is 1. The van der Waals surface area contributed by atoms with Crippen LogP contribution in [-0.4, -0.2) is 28.6 Å². The summed E-state index contributed by atoms with van der Waals surface area (Å²) in [5, 5.41) is 13.1. The molecule has 0 bridgehead atoms. The predicted octanol–water partition coefficient (Wildman–Crippen LogP) is 2.32. The zero-order valence-corrected chi connectivity index (χ0v) is 13.0. The maximum Gasteiger partial charge on any atom is 0.263 e. The second kappa shape index (κ2) is 6.50. The smallest absolute Gasteiger partial charge is 0.263 e. The summed E-state index contributed by atoms with van der Waals surface area (Å²) in [6, 6.07) is 0.0229. The molecule has 0 saturated carbocycles. The molecule has 0 spiro atoms. The molecule has 2 N–H and O–H groups in total. The Balaban J connectivity index is 1.99. The van der Waals surface area contributed by atoms with Gasteiger partial charge in [-0.2, -0.15) is 0 Å². The zero-order chi connectivity index (χ0) is 14.7. The van der Waals surface area contributed by atoms with Gasteiger partial charge in [-0.1, -0.05) is 26.0 Å². The van der Waals surface area contributed by atoms with Gasteiger partial charge in [0, 0.05) is 25.0 Å². The summed E-state index contributed by atoms with van der Waals surface area (Å²) in [6.07, 6.45) is 5.62. The third-order valence-corrected chi connectivity index (χ3v) is 4.53. The molecule has 0 unspecified atom stereocenters. The predicted molar refractivity (Wildman–Crippen MR) is 81.0 cm³/mol. The molecule has 5 heteroatoms. The fraction of sp³-hybridized carbons (Fsp3) is 0.600. The van der Waals surface area contributed by atoms with Gasteiger partial charge in [0.15, 0.2) is 0 Å². The van der Waals surface area contributed by atoms with Crippen LogP contribution in [0.5, 0.6) is 0 Å². The lowest BCUT2D eigenvalue weighted by Gasteiger charge is -2.11. The van der Waals surface area contributed by atoms with Crippen LogP contribution in [0.15, 0.2) is 12.2 Å². The lowest BCUT2D eigenvalue weighted by atomic mass is 10.1. The van der Waals surface area contributed by atoms with E-state index in [2.05, 4.69) is 24.1 Å². The molecule has 0 saturated heterocycles. The Morgan fingerprint density at radius 3 is 2.90 bits per heavy atom. The highest BCUT2D eigenvalue weighted by atomic mass is 32.1. The lowest BCUT2D eigenvalue weighted by molar-refractivity contribution is 0.0944. The molecule has 1 aromatic rings. The van der Waals surface area contributed by atoms with Crippen molar-refractivity contribution in [3.05, 3.63) is 27.7 Å². The molecule has 0 fully saturated rings. The standard InChI is InChI=1S/C15H22N2O2S/c1-9(2)6-13-16-10(3)14(20-13)15(19)17-12-5-4-11(7-12)8-18/h4-5,9,11-12,18H,6-8H2,1-3H3,(H,17,19)/t11-,12+/m0/s1. The van der Waals surface area contributed by atoms with Crippen molar-refractivity contribution in [2.75, 3.05) is 6.61 Å². The number of carbonyl (C=O) groups excluding carboxylic acids is 1. The number of aryl methyl sites for hydroxylation is 1. The molecule has 2 rings (SSSR count). The van der Waals surface area contributed by atoms with Gasteiger partial charge < -0.3 is 10.4 Å². The van der Waals surface area contributed by atoms with Crippen molar-refractivity contribution in [1.82, 2.24) is 10.3 Å². The van der Waals surface area contributed by atoms with E-state index in [0.717, 1.165) is 23.5 Å². The zero-order valence-electron chi connectivity index (χ0n) is 12.2. The first kappa shape index (κ1) is 15.2. The minimum Gasteiger partial charge on any atom is -0.396 e. The topological polar surface area (TPSA) is 62.2 Å². The molecule has 20 heavy (non-hydrogen) atoms. The van der Waals surface area contributed by atoms with E-state index in [4.69, 9.17) is 5.11 Å². The van der Waals surface area contributed by atoms with Crippen LogP contribution in [0.2, 0.25) is 0 Å². The van der Waals surface area contributed by atoms with Crippen molar-refractivity contribution >= 4 is 17.2 Å². The summed E-state index contributed by atoms with van der Waals surface area (Å²) in [4.78, 5) is 17.5. The molecule has 1 amide bonds. The van der Waals surface area contributed by atoms with Crippen molar-refractivity contribution in [2.45, 2.75) is 39.7 Å². The normalized spacial score (nSPS) is 21.6. The Morgan fingerprint density at radius 2 is 2.30 bits per heavy atom. The maximum atomic E-state index is 12.3. The summed E-state index contributed by atoms with van der Waals surface area (Å²) >= 11 is 1.49. The van der Waals surface area contributed by atoms with E-state index in [9.17, 15) is 4.79 Å². The van der Waals surface area contributed by atoms with E-state index in [1.807, 2.05) is 19.1 Å². The van der Waals surface area contributed by atoms with Gasteiger partial charge in [0.2, 0.25) is 0 Å². The number of aliphatic hydroxyl groups is 1. The number of amides is 1. The van der Waals surface area contributed by atoms with Crippen LogP contribution in [0, 0.1) is 18.8 Å². The number of thiazole rings is 1. The average Bonchev–Trinajstić information content (AvgIpc) is 2.95. The van der Waals surface area contributed by atoms with Crippen molar-refractivity contribution in [1.29, 1.82) is 0 Å². The van der Waals surface area contributed by atoms with Crippen LogP contribution >= 0.6 is 11.3 Å². The first-order valence-electron chi connectivity index (χ1n) is 7.06. The van der Waals surface area contributed by atoms with E-state index in [1.54, 1.807) is 0 Å². The number of aromatic nitrogens is 1. The third kappa shape index (κ3) is 3.67. The van der Waals surface area contributed by atoms with E-state index >= 15 is 0 Å². The van der Waals surface area contributed by atoms with Gasteiger partial charge in [0.25, 0.3) is 5.91 Å². The third-order valence-electron chi connectivity index (χ3n) is 3.35. The molecule has 1 aliphatic rings. The first-order chi connectivity index (χ1) is 9.49. The first-order valence-corrected chi connectivity index (χ1v) is 7.87.